The Morgan fingerprint density at radius 3 is 2.62 bits per heavy atom. The minimum Gasteiger partial charge on any atom is -0.355 e. The van der Waals surface area contributed by atoms with E-state index >= 15 is 0 Å². The number of amides is 2. The first-order chi connectivity index (χ1) is 14.0. The first kappa shape index (κ1) is 21.7. The normalized spacial score (nSPS) is 14.4. The van der Waals surface area contributed by atoms with Crippen molar-refractivity contribution in [3.63, 3.8) is 0 Å². The Labute approximate surface area is 181 Å². The Balaban J connectivity index is 1.57. The topological polar surface area (TPSA) is 58.2 Å². The summed E-state index contributed by atoms with van der Waals surface area (Å²) >= 11 is 7.53. The van der Waals surface area contributed by atoms with E-state index in [1.807, 2.05) is 37.3 Å². The first-order valence-corrected chi connectivity index (χ1v) is 11.5. The van der Waals surface area contributed by atoms with E-state index in [9.17, 15) is 9.59 Å². The highest BCUT2D eigenvalue weighted by Crippen LogP contribution is 2.27. The zero-order valence-corrected chi connectivity index (χ0v) is 18.2. The van der Waals surface area contributed by atoms with Crippen molar-refractivity contribution in [3.05, 3.63) is 58.6 Å². The van der Waals surface area contributed by atoms with Gasteiger partial charge in [-0.05, 0) is 55.5 Å². The number of benzene rings is 2. The van der Waals surface area contributed by atoms with E-state index in [2.05, 4.69) is 10.6 Å². The van der Waals surface area contributed by atoms with Crippen LogP contribution in [-0.4, -0.2) is 24.1 Å². The molecule has 1 aliphatic carbocycles. The monoisotopic (exact) mass is 430 g/mol. The van der Waals surface area contributed by atoms with Gasteiger partial charge in [-0.1, -0.05) is 49.1 Å². The molecule has 0 atom stereocenters. The third-order valence-electron chi connectivity index (χ3n) is 5.32. The lowest BCUT2D eigenvalue weighted by Gasteiger charge is -2.21. The number of nitrogens with one attached hydrogen (secondary N) is 2. The van der Waals surface area contributed by atoms with Crippen LogP contribution in [0.15, 0.2) is 47.4 Å². The van der Waals surface area contributed by atoms with Gasteiger partial charge in [-0.25, -0.2) is 0 Å². The molecule has 4 nitrogen and oxygen atoms in total. The van der Waals surface area contributed by atoms with Gasteiger partial charge in [-0.2, -0.15) is 0 Å². The molecule has 2 amide bonds. The van der Waals surface area contributed by atoms with Crippen LogP contribution in [0.2, 0.25) is 5.02 Å². The van der Waals surface area contributed by atoms with E-state index in [0.29, 0.717) is 27.9 Å². The molecule has 0 bridgehead atoms. The van der Waals surface area contributed by atoms with Gasteiger partial charge in [0.15, 0.2) is 0 Å². The van der Waals surface area contributed by atoms with E-state index in [-0.39, 0.29) is 11.8 Å². The van der Waals surface area contributed by atoms with Crippen molar-refractivity contribution in [3.8, 4) is 0 Å². The lowest BCUT2D eigenvalue weighted by atomic mass is 9.89. The van der Waals surface area contributed by atoms with Crippen LogP contribution < -0.4 is 10.6 Å². The largest absolute Gasteiger partial charge is 0.355 e. The van der Waals surface area contributed by atoms with E-state index in [0.717, 1.165) is 17.0 Å². The summed E-state index contributed by atoms with van der Waals surface area (Å²) in [6.45, 7) is 2.63. The molecule has 0 saturated heterocycles. The summed E-state index contributed by atoms with van der Waals surface area (Å²) < 4.78 is 0. The Kier molecular flexibility index (Phi) is 8.01. The molecule has 0 spiro atoms. The number of anilines is 1. The molecule has 2 aromatic carbocycles. The number of rotatable bonds is 7. The second kappa shape index (κ2) is 10.7. The van der Waals surface area contributed by atoms with Crippen molar-refractivity contribution in [2.24, 2.45) is 5.92 Å². The highest BCUT2D eigenvalue weighted by molar-refractivity contribution is 8.00. The van der Waals surface area contributed by atoms with Crippen LogP contribution in [0.25, 0.3) is 0 Å². The second-order valence-corrected chi connectivity index (χ2v) is 8.88. The van der Waals surface area contributed by atoms with Crippen LogP contribution >= 0.6 is 23.4 Å². The van der Waals surface area contributed by atoms with Crippen molar-refractivity contribution >= 4 is 40.9 Å². The standard InChI is InChI=1S/C23H27ClN2O2S/c1-16-19(24)11-7-12-20(16)26-23(28)18-10-5-6-13-21(18)29-15-22(27)25-14-17-8-3-2-4-9-17/h5-7,10-13,17H,2-4,8-9,14-15H2,1H3,(H,25,27)(H,26,28). The summed E-state index contributed by atoms with van der Waals surface area (Å²) in [5.74, 6) is 0.715. The maximum atomic E-state index is 12.8. The zero-order chi connectivity index (χ0) is 20.6. The maximum Gasteiger partial charge on any atom is 0.256 e. The summed E-state index contributed by atoms with van der Waals surface area (Å²) in [5, 5.41) is 6.59. The van der Waals surface area contributed by atoms with Gasteiger partial charge < -0.3 is 10.6 Å². The first-order valence-electron chi connectivity index (χ1n) is 10.1. The smallest absolute Gasteiger partial charge is 0.256 e. The van der Waals surface area contributed by atoms with Gasteiger partial charge >= 0.3 is 0 Å². The summed E-state index contributed by atoms with van der Waals surface area (Å²) in [7, 11) is 0. The Morgan fingerprint density at radius 1 is 1.07 bits per heavy atom. The predicted octanol–water partition coefficient (Wildman–Crippen LogP) is 5.69. The summed E-state index contributed by atoms with van der Waals surface area (Å²) in [4.78, 5) is 25.9. The molecular formula is C23H27ClN2O2S. The van der Waals surface area contributed by atoms with Crippen LogP contribution in [0.3, 0.4) is 0 Å². The van der Waals surface area contributed by atoms with Gasteiger partial charge in [0.25, 0.3) is 5.91 Å². The molecule has 6 heteroatoms. The van der Waals surface area contributed by atoms with Crippen LogP contribution in [-0.2, 0) is 4.79 Å². The Bertz CT molecular complexity index is 866. The third-order valence-corrected chi connectivity index (χ3v) is 6.80. The van der Waals surface area contributed by atoms with Gasteiger partial charge in [-0.15, -0.1) is 11.8 Å². The van der Waals surface area contributed by atoms with Crippen molar-refractivity contribution in [1.82, 2.24) is 5.32 Å². The highest BCUT2D eigenvalue weighted by atomic mass is 35.5. The lowest BCUT2D eigenvalue weighted by Crippen LogP contribution is -2.31. The predicted molar refractivity (Wildman–Crippen MR) is 121 cm³/mol. The van der Waals surface area contributed by atoms with Gasteiger partial charge in [-0.3, -0.25) is 9.59 Å². The van der Waals surface area contributed by atoms with Crippen LogP contribution in [0.1, 0.15) is 48.0 Å². The van der Waals surface area contributed by atoms with Crippen LogP contribution in [0.5, 0.6) is 0 Å². The van der Waals surface area contributed by atoms with Gasteiger partial charge in [0.1, 0.15) is 0 Å². The minimum atomic E-state index is -0.207. The Hall–Kier alpha value is -1.98. The molecule has 0 radical (unpaired) electrons. The number of hydrogen-bond donors (Lipinski definition) is 2. The van der Waals surface area contributed by atoms with Crippen molar-refractivity contribution in [2.45, 2.75) is 43.9 Å². The van der Waals surface area contributed by atoms with E-state index in [1.54, 1.807) is 12.1 Å². The van der Waals surface area contributed by atoms with Crippen LogP contribution in [0, 0.1) is 12.8 Å². The number of carbonyl (C=O) groups excluding carboxylic acids is 2. The molecule has 154 valence electrons. The number of carbonyl (C=O) groups is 2. The Morgan fingerprint density at radius 2 is 1.83 bits per heavy atom. The molecule has 2 aromatic rings. The van der Waals surface area contributed by atoms with Crippen LogP contribution in [0.4, 0.5) is 5.69 Å². The molecule has 1 aliphatic rings. The molecule has 0 aromatic heterocycles. The molecule has 0 heterocycles. The summed E-state index contributed by atoms with van der Waals surface area (Å²) in [6, 6.07) is 12.8. The number of thioether (sulfide) groups is 1. The average Bonchev–Trinajstić information content (AvgIpc) is 2.75. The average molecular weight is 431 g/mol. The van der Waals surface area contributed by atoms with Gasteiger partial charge in [0.05, 0.1) is 11.3 Å². The third kappa shape index (κ3) is 6.25. The highest BCUT2D eigenvalue weighted by Gasteiger charge is 2.16. The van der Waals surface area contributed by atoms with Gasteiger partial charge in [0, 0.05) is 22.2 Å². The van der Waals surface area contributed by atoms with E-state index in [4.69, 9.17) is 11.6 Å². The molecule has 0 unspecified atom stereocenters. The van der Waals surface area contributed by atoms with Crippen molar-refractivity contribution in [2.75, 3.05) is 17.6 Å². The molecule has 1 fully saturated rings. The fraction of sp³-hybridized carbons (Fsp3) is 0.391. The number of halogens is 1. The minimum absolute atomic E-state index is 0.0153. The summed E-state index contributed by atoms with van der Waals surface area (Å²) in [5.41, 5.74) is 2.07. The van der Waals surface area contributed by atoms with Gasteiger partial charge in [0.2, 0.25) is 5.91 Å². The fourth-order valence-electron chi connectivity index (χ4n) is 3.56. The second-order valence-electron chi connectivity index (χ2n) is 7.46. The summed E-state index contributed by atoms with van der Waals surface area (Å²) in [6.07, 6.45) is 6.26. The molecule has 29 heavy (non-hydrogen) atoms. The number of hydrogen-bond acceptors (Lipinski definition) is 3. The molecular weight excluding hydrogens is 404 g/mol. The molecule has 3 rings (SSSR count). The van der Waals surface area contributed by atoms with E-state index in [1.165, 1.54) is 43.9 Å². The fourth-order valence-corrected chi connectivity index (χ4v) is 4.61. The molecule has 2 N–H and O–H groups in total. The lowest BCUT2D eigenvalue weighted by molar-refractivity contribution is -0.118. The molecule has 1 saturated carbocycles. The SMILES string of the molecule is Cc1c(Cl)cccc1NC(=O)c1ccccc1SCC(=O)NCC1CCCCC1. The van der Waals surface area contributed by atoms with E-state index < -0.39 is 0 Å². The van der Waals surface area contributed by atoms with Crippen molar-refractivity contribution < 1.29 is 9.59 Å². The van der Waals surface area contributed by atoms with Crippen molar-refractivity contribution in [1.29, 1.82) is 0 Å². The molecule has 0 aliphatic heterocycles. The quantitative estimate of drug-likeness (QED) is 0.555. The zero-order valence-electron chi connectivity index (χ0n) is 16.7. The maximum absolute atomic E-state index is 12.8.